The summed E-state index contributed by atoms with van der Waals surface area (Å²) in [5.41, 5.74) is 9.67. The van der Waals surface area contributed by atoms with E-state index >= 15 is 0 Å². The third-order valence-corrected chi connectivity index (χ3v) is 3.17. The Morgan fingerprint density at radius 2 is 1.85 bits per heavy atom. The van der Waals surface area contributed by atoms with E-state index in [1.807, 2.05) is 24.3 Å². The number of nitriles is 1. The van der Waals surface area contributed by atoms with Gasteiger partial charge in [-0.25, -0.2) is 4.39 Å². The number of nitrogens with zero attached hydrogens (tertiary/aromatic N) is 1. The molecule has 3 nitrogen and oxygen atoms in total. The van der Waals surface area contributed by atoms with Crippen molar-refractivity contribution in [1.29, 1.82) is 5.26 Å². The lowest BCUT2D eigenvalue weighted by atomic mass is 10.1. The van der Waals surface area contributed by atoms with Gasteiger partial charge in [-0.05, 0) is 48.7 Å². The lowest BCUT2D eigenvalue weighted by Gasteiger charge is -2.10. The first kappa shape index (κ1) is 13.9. The molecule has 2 aromatic rings. The molecule has 0 radical (unpaired) electrons. The summed E-state index contributed by atoms with van der Waals surface area (Å²) in [4.78, 5) is 0. The van der Waals surface area contributed by atoms with Gasteiger partial charge in [0.1, 0.15) is 11.9 Å². The van der Waals surface area contributed by atoms with Crippen LogP contribution >= 0.6 is 0 Å². The number of rotatable bonds is 3. The van der Waals surface area contributed by atoms with E-state index in [1.54, 1.807) is 26.0 Å². The van der Waals surface area contributed by atoms with E-state index in [2.05, 4.69) is 5.32 Å². The molecule has 0 aliphatic rings. The second-order valence-corrected chi connectivity index (χ2v) is 4.81. The predicted octanol–water partition coefficient (Wildman–Crippen LogP) is 3.51. The number of halogens is 1. The van der Waals surface area contributed by atoms with E-state index in [0.29, 0.717) is 28.9 Å². The summed E-state index contributed by atoms with van der Waals surface area (Å²) in [5, 5.41) is 12.1. The van der Waals surface area contributed by atoms with Gasteiger partial charge < -0.3 is 11.1 Å². The van der Waals surface area contributed by atoms with Gasteiger partial charge in [-0.15, -0.1) is 0 Å². The Kier molecular flexibility index (Phi) is 3.90. The van der Waals surface area contributed by atoms with Gasteiger partial charge in [0.25, 0.3) is 0 Å². The molecule has 0 spiro atoms. The number of aryl methyl sites for hydroxylation is 2. The molecule has 0 fully saturated rings. The highest BCUT2D eigenvalue weighted by Gasteiger charge is 2.05. The molecule has 0 aromatic heterocycles. The van der Waals surface area contributed by atoms with Crippen molar-refractivity contribution in [3.8, 4) is 6.07 Å². The van der Waals surface area contributed by atoms with E-state index in [0.717, 1.165) is 11.3 Å². The molecule has 0 aliphatic carbocycles. The summed E-state index contributed by atoms with van der Waals surface area (Å²) < 4.78 is 13.5. The number of nitrogens with one attached hydrogen (secondary N) is 1. The minimum absolute atomic E-state index is 0.159. The topological polar surface area (TPSA) is 61.8 Å². The second kappa shape index (κ2) is 5.62. The highest BCUT2D eigenvalue weighted by Crippen LogP contribution is 2.19. The molecule has 2 rings (SSSR count). The summed E-state index contributed by atoms with van der Waals surface area (Å²) in [5.74, 6) is -0.159. The minimum atomic E-state index is -0.159. The van der Waals surface area contributed by atoms with Gasteiger partial charge in [-0.3, -0.25) is 0 Å². The van der Waals surface area contributed by atoms with Gasteiger partial charge >= 0.3 is 0 Å². The van der Waals surface area contributed by atoms with Crippen molar-refractivity contribution in [2.75, 3.05) is 11.1 Å². The van der Waals surface area contributed by atoms with Crippen molar-refractivity contribution in [2.24, 2.45) is 0 Å². The maximum atomic E-state index is 13.5. The van der Waals surface area contributed by atoms with Gasteiger partial charge in [0, 0.05) is 17.9 Å². The van der Waals surface area contributed by atoms with E-state index < -0.39 is 0 Å². The van der Waals surface area contributed by atoms with E-state index in [-0.39, 0.29) is 5.82 Å². The van der Waals surface area contributed by atoms with Crippen molar-refractivity contribution in [3.63, 3.8) is 0 Å². The van der Waals surface area contributed by atoms with Crippen LogP contribution in [0.3, 0.4) is 0 Å². The smallest absolute Gasteiger partial charge is 0.129 e. The van der Waals surface area contributed by atoms with Gasteiger partial charge in [0.15, 0.2) is 0 Å². The molecular weight excluding hydrogens is 253 g/mol. The average molecular weight is 269 g/mol. The monoisotopic (exact) mass is 269 g/mol. The lowest BCUT2D eigenvalue weighted by molar-refractivity contribution is 0.608. The molecule has 0 unspecified atom stereocenters. The molecule has 0 saturated heterocycles. The Morgan fingerprint density at radius 1 is 1.20 bits per heavy atom. The SMILES string of the molecule is Cc1cc(CNc2ccc(N)c(C#N)c2)cc(C)c1F. The minimum Gasteiger partial charge on any atom is -0.398 e. The predicted molar refractivity (Wildman–Crippen MR) is 78.8 cm³/mol. The normalized spacial score (nSPS) is 10.1. The fraction of sp³-hybridized carbons (Fsp3) is 0.188. The standard InChI is InChI=1S/C16H16FN3/c1-10-5-12(6-11(2)16(10)17)9-20-14-3-4-15(19)13(7-14)8-18/h3-7,20H,9,19H2,1-2H3. The third kappa shape index (κ3) is 2.89. The summed E-state index contributed by atoms with van der Waals surface area (Å²) in [7, 11) is 0. The Labute approximate surface area is 117 Å². The molecule has 3 N–H and O–H groups in total. The summed E-state index contributed by atoms with van der Waals surface area (Å²) in [6.45, 7) is 4.07. The average Bonchev–Trinajstić information content (AvgIpc) is 2.43. The van der Waals surface area contributed by atoms with Crippen LogP contribution in [0.15, 0.2) is 30.3 Å². The second-order valence-electron chi connectivity index (χ2n) is 4.81. The zero-order chi connectivity index (χ0) is 14.7. The summed E-state index contributed by atoms with van der Waals surface area (Å²) in [6.07, 6.45) is 0. The van der Waals surface area contributed by atoms with Gasteiger partial charge in [0.2, 0.25) is 0 Å². The maximum Gasteiger partial charge on any atom is 0.129 e. The molecule has 4 heteroatoms. The molecule has 0 amide bonds. The molecule has 0 bridgehead atoms. The fourth-order valence-corrected chi connectivity index (χ4v) is 2.10. The number of anilines is 2. The van der Waals surface area contributed by atoms with E-state index in [4.69, 9.17) is 11.0 Å². The number of benzene rings is 2. The zero-order valence-electron chi connectivity index (χ0n) is 11.5. The van der Waals surface area contributed by atoms with Crippen LogP contribution in [0.5, 0.6) is 0 Å². The van der Waals surface area contributed by atoms with Crippen LogP contribution < -0.4 is 11.1 Å². The van der Waals surface area contributed by atoms with E-state index in [9.17, 15) is 4.39 Å². The molecular formula is C16H16FN3. The van der Waals surface area contributed by atoms with Crippen LogP contribution in [-0.2, 0) is 6.54 Å². The van der Waals surface area contributed by atoms with Crippen molar-refractivity contribution in [3.05, 3.63) is 58.4 Å². The quantitative estimate of drug-likeness (QED) is 0.838. The molecule has 0 heterocycles. The van der Waals surface area contributed by atoms with Crippen LogP contribution in [0.2, 0.25) is 0 Å². The number of hydrogen-bond acceptors (Lipinski definition) is 3. The molecule has 102 valence electrons. The summed E-state index contributed by atoms with van der Waals surface area (Å²) in [6, 6.07) is 10.9. The largest absolute Gasteiger partial charge is 0.398 e. The van der Waals surface area contributed by atoms with Crippen LogP contribution in [0.4, 0.5) is 15.8 Å². The zero-order valence-corrected chi connectivity index (χ0v) is 11.5. The third-order valence-electron chi connectivity index (χ3n) is 3.17. The first-order valence-electron chi connectivity index (χ1n) is 6.30. The number of nitrogens with two attached hydrogens (primary N) is 1. The lowest BCUT2D eigenvalue weighted by Crippen LogP contribution is -2.02. The van der Waals surface area contributed by atoms with Gasteiger partial charge in [-0.1, -0.05) is 12.1 Å². The fourth-order valence-electron chi connectivity index (χ4n) is 2.10. The van der Waals surface area contributed by atoms with Crippen molar-refractivity contribution in [2.45, 2.75) is 20.4 Å². The molecule has 0 atom stereocenters. The summed E-state index contributed by atoms with van der Waals surface area (Å²) >= 11 is 0. The Morgan fingerprint density at radius 3 is 2.45 bits per heavy atom. The first-order valence-corrected chi connectivity index (χ1v) is 6.30. The van der Waals surface area contributed by atoms with Crippen LogP contribution in [0.25, 0.3) is 0 Å². The number of nitrogen functional groups attached to an aromatic ring is 1. The van der Waals surface area contributed by atoms with Gasteiger partial charge in [0.05, 0.1) is 5.56 Å². The Balaban J connectivity index is 2.15. The van der Waals surface area contributed by atoms with Crippen molar-refractivity contribution >= 4 is 11.4 Å². The van der Waals surface area contributed by atoms with Crippen molar-refractivity contribution in [1.82, 2.24) is 0 Å². The van der Waals surface area contributed by atoms with Crippen LogP contribution in [0, 0.1) is 31.0 Å². The van der Waals surface area contributed by atoms with Gasteiger partial charge in [-0.2, -0.15) is 5.26 Å². The molecule has 2 aromatic carbocycles. The van der Waals surface area contributed by atoms with Crippen LogP contribution in [0.1, 0.15) is 22.3 Å². The highest BCUT2D eigenvalue weighted by atomic mass is 19.1. The molecule has 0 aliphatic heterocycles. The number of hydrogen-bond donors (Lipinski definition) is 2. The first-order chi connectivity index (χ1) is 9.51. The van der Waals surface area contributed by atoms with E-state index in [1.165, 1.54) is 0 Å². The van der Waals surface area contributed by atoms with Crippen molar-refractivity contribution < 1.29 is 4.39 Å². The highest BCUT2D eigenvalue weighted by molar-refractivity contribution is 5.61. The Bertz CT molecular complexity index is 664. The maximum absolute atomic E-state index is 13.5. The molecule has 20 heavy (non-hydrogen) atoms. The Hall–Kier alpha value is -2.54. The van der Waals surface area contributed by atoms with Crippen LogP contribution in [-0.4, -0.2) is 0 Å². The molecule has 0 saturated carbocycles.